The molecule has 0 aromatic heterocycles. The molecule has 2 unspecified atom stereocenters. The molecular formula is C24H33N6O3+. The molecule has 4 aliphatic rings. The van der Waals surface area contributed by atoms with Crippen molar-refractivity contribution in [2.75, 3.05) is 58.3 Å². The third-order valence-corrected chi connectivity index (χ3v) is 7.09. The van der Waals surface area contributed by atoms with Crippen molar-refractivity contribution in [1.82, 2.24) is 14.7 Å². The van der Waals surface area contributed by atoms with Gasteiger partial charge in [-0.15, -0.1) is 0 Å². The summed E-state index contributed by atoms with van der Waals surface area (Å²) in [5.74, 6) is 2.19. The maximum atomic E-state index is 13.6. The lowest BCUT2D eigenvalue weighted by atomic mass is 10.1. The number of amidine groups is 1. The van der Waals surface area contributed by atoms with Gasteiger partial charge >= 0.3 is 12.0 Å². The highest BCUT2D eigenvalue weighted by Crippen LogP contribution is 2.29. The fourth-order valence-electron chi connectivity index (χ4n) is 5.32. The zero-order chi connectivity index (χ0) is 23.1. The van der Waals surface area contributed by atoms with Crippen LogP contribution in [-0.4, -0.2) is 102 Å². The van der Waals surface area contributed by atoms with Crippen LogP contribution in [0.3, 0.4) is 0 Å². The van der Waals surface area contributed by atoms with Crippen LogP contribution in [0, 0.1) is 5.92 Å². The molecule has 9 heteroatoms. The number of benzene rings is 1. The van der Waals surface area contributed by atoms with E-state index in [1.807, 2.05) is 24.3 Å². The maximum Gasteiger partial charge on any atom is 0.397 e. The predicted molar refractivity (Wildman–Crippen MR) is 126 cm³/mol. The molecule has 0 N–H and O–H groups in total. The second-order valence-electron chi connectivity index (χ2n) is 9.48. The van der Waals surface area contributed by atoms with Gasteiger partial charge in [0.25, 0.3) is 5.91 Å². The highest BCUT2D eigenvalue weighted by molar-refractivity contribution is 6.24. The molecule has 2 atom stereocenters. The van der Waals surface area contributed by atoms with Gasteiger partial charge in [-0.25, -0.2) is 14.3 Å². The van der Waals surface area contributed by atoms with Crippen LogP contribution < -0.4 is 9.64 Å². The van der Waals surface area contributed by atoms with Gasteiger partial charge in [-0.3, -0.25) is 14.6 Å². The average molecular weight is 454 g/mol. The summed E-state index contributed by atoms with van der Waals surface area (Å²) in [6.07, 6.45) is 3.63. The molecule has 0 spiro atoms. The first-order valence-electron chi connectivity index (χ1n) is 11.9. The van der Waals surface area contributed by atoms with E-state index in [1.165, 1.54) is 24.2 Å². The molecule has 0 radical (unpaired) electrons. The van der Waals surface area contributed by atoms with Gasteiger partial charge < -0.3 is 9.64 Å². The number of anilines is 1. The summed E-state index contributed by atoms with van der Waals surface area (Å²) in [6, 6.07) is 7.03. The van der Waals surface area contributed by atoms with Crippen LogP contribution in [-0.2, 0) is 4.79 Å². The monoisotopic (exact) mass is 453 g/mol. The molecule has 3 amide bonds. The van der Waals surface area contributed by atoms with Crippen LogP contribution in [0.1, 0.15) is 26.2 Å². The Morgan fingerprint density at radius 1 is 1.15 bits per heavy atom. The van der Waals surface area contributed by atoms with Crippen molar-refractivity contribution < 1.29 is 18.9 Å². The lowest BCUT2D eigenvalue weighted by Gasteiger charge is -2.36. The summed E-state index contributed by atoms with van der Waals surface area (Å²) in [5, 5.41) is 0. The Hall–Kier alpha value is -2.94. The number of hydrogen-bond donors (Lipinski definition) is 0. The predicted octanol–water partition coefficient (Wildman–Crippen LogP) is 1.68. The summed E-state index contributed by atoms with van der Waals surface area (Å²) in [6.45, 7) is 6.92. The van der Waals surface area contributed by atoms with Gasteiger partial charge in [0.15, 0.2) is 0 Å². The average Bonchev–Trinajstić information content (AvgIpc) is 3.22. The van der Waals surface area contributed by atoms with Gasteiger partial charge in [0, 0.05) is 32.1 Å². The number of piperidine rings is 1. The first-order valence-corrected chi connectivity index (χ1v) is 11.9. The van der Waals surface area contributed by atoms with Gasteiger partial charge in [0.05, 0.1) is 20.2 Å². The highest BCUT2D eigenvalue weighted by atomic mass is 16.5. The number of aliphatic imine (C=N–C) groups is 1. The van der Waals surface area contributed by atoms with Crippen LogP contribution >= 0.6 is 0 Å². The number of carbonyl (C=O) groups excluding carboxylic acids is 2. The fourth-order valence-corrected chi connectivity index (χ4v) is 5.32. The quantitative estimate of drug-likeness (QED) is 0.635. The van der Waals surface area contributed by atoms with E-state index in [1.54, 1.807) is 19.1 Å². The Morgan fingerprint density at radius 3 is 2.70 bits per heavy atom. The standard InChI is InChI=1S/C24H33N6O3/c1-17-15-29(18-8-7-9-19(14-18)33-3)23-25-21-20(30(23)16-17)22(31)28(24(32)26(21)2)13-12-27-10-5-4-6-11-27/h7-9,14,17,20H,4-6,10-13,15-16H2,1-3H3/q+1. The van der Waals surface area contributed by atoms with Crippen molar-refractivity contribution >= 4 is 29.4 Å². The maximum absolute atomic E-state index is 13.6. The number of methoxy groups -OCH3 is 1. The number of amides is 3. The minimum absolute atomic E-state index is 0.163. The summed E-state index contributed by atoms with van der Waals surface area (Å²) in [4.78, 5) is 39.1. The van der Waals surface area contributed by atoms with Crippen molar-refractivity contribution in [3.63, 3.8) is 0 Å². The molecule has 0 bridgehead atoms. The summed E-state index contributed by atoms with van der Waals surface area (Å²) < 4.78 is 7.49. The summed E-state index contributed by atoms with van der Waals surface area (Å²) >= 11 is 0. The molecule has 2 fully saturated rings. The van der Waals surface area contributed by atoms with Crippen LogP contribution in [0.25, 0.3) is 0 Å². The zero-order valence-corrected chi connectivity index (χ0v) is 19.7. The number of likely N-dealkylation sites (tertiary alicyclic amines) is 1. The number of urea groups is 1. The molecule has 0 aliphatic carbocycles. The minimum atomic E-state index is -0.556. The molecule has 1 aromatic rings. The van der Waals surface area contributed by atoms with E-state index in [0.717, 1.165) is 50.1 Å². The lowest BCUT2D eigenvalue weighted by molar-refractivity contribution is -0.545. The number of fused-ring (bicyclic) bond motifs is 2. The lowest BCUT2D eigenvalue weighted by Crippen LogP contribution is -2.64. The molecule has 1 aromatic carbocycles. The van der Waals surface area contributed by atoms with Crippen LogP contribution in [0.5, 0.6) is 5.75 Å². The number of imide groups is 1. The molecule has 176 valence electrons. The van der Waals surface area contributed by atoms with E-state index >= 15 is 0 Å². The van der Waals surface area contributed by atoms with Crippen LogP contribution in [0.2, 0.25) is 0 Å². The largest absolute Gasteiger partial charge is 0.497 e. The molecular weight excluding hydrogens is 420 g/mol. The van der Waals surface area contributed by atoms with Crippen molar-refractivity contribution in [1.29, 1.82) is 0 Å². The molecule has 0 saturated carbocycles. The van der Waals surface area contributed by atoms with Crippen molar-refractivity contribution in [3.8, 4) is 5.75 Å². The Balaban J connectivity index is 1.44. The Kier molecular flexibility index (Phi) is 5.82. The number of hydrogen-bond acceptors (Lipinski definition) is 6. The second kappa shape index (κ2) is 8.78. The number of rotatable bonds is 5. The van der Waals surface area contributed by atoms with Crippen molar-refractivity contribution in [3.05, 3.63) is 24.3 Å². The van der Waals surface area contributed by atoms with Gasteiger partial charge in [-0.1, -0.05) is 24.4 Å². The number of nitrogens with zero attached hydrogens (tertiary/aromatic N) is 6. The summed E-state index contributed by atoms with van der Waals surface area (Å²) in [7, 11) is 3.38. The first-order chi connectivity index (χ1) is 16.0. The molecule has 33 heavy (non-hydrogen) atoms. The highest BCUT2D eigenvalue weighted by Gasteiger charge is 2.55. The number of likely N-dealkylation sites (N-methyl/N-ethyl adjacent to an activating group) is 1. The Labute approximate surface area is 194 Å². The molecule has 4 aliphatic heterocycles. The minimum Gasteiger partial charge on any atom is -0.497 e. The van der Waals surface area contributed by atoms with Gasteiger partial charge in [-0.05, 0) is 38.1 Å². The fraction of sp³-hybridized carbons (Fsp3) is 0.583. The van der Waals surface area contributed by atoms with Gasteiger partial charge in [-0.2, -0.15) is 0 Å². The second-order valence-corrected chi connectivity index (χ2v) is 9.48. The SMILES string of the molecule is COc1cccc(N2CC(C)C[N+]3=C2N=C2C3C(=O)N(CCN3CCCCC3)C(=O)N2C)c1. The topological polar surface area (TPSA) is 71.7 Å². The van der Waals surface area contributed by atoms with E-state index in [2.05, 4.69) is 21.3 Å². The van der Waals surface area contributed by atoms with E-state index in [0.29, 0.717) is 18.3 Å². The van der Waals surface area contributed by atoms with E-state index in [4.69, 9.17) is 9.73 Å². The molecule has 2 saturated heterocycles. The van der Waals surface area contributed by atoms with E-state index in [9.17, 15) is 9.59 Å². The van der Waals surface area contributed by atoms with E-state index < -0.39 is 6.04 Å². The normalized spacial score (nSPS) is 25.9. The van der Waals surface area contributed by atoms with Crippen molar-refractivity contribution in [2.24, 2.45) is 10.9 Å². The van der Waals surface area contributed by atoms with Crippen LogP contribution in [0.15, 0.2) is 29.3 Å². The Morgan fingerprint density at radius 2 is 1.94 bits per heavy atom. The summed E-state index contributed by atoms with van der Waals surface area (Å²) in [5.41, 5.74) is 0.965. The number of guanidine groups is 1. The first kappa shape index (κ1) is 21.9. The Bertz CT molecular complexity index is 1020. The smallest absolute Gasteiger partial charge is 0.397 e. The molecule has 4 heterocycles. The van der Waals surface area contributed by atoms with E-state index in [-0.39, 0.29) is 11.9 Å². The number of ether oxygens (including phenoxy) is 1. The van der Waals surface area contributed by atoms with Crippen LogP contribution in [0.4, 0.5) is 10.5 Å². The number of carbonyl (C=O) groups is 2. The van der Waals surface area contributed by atoms with Gasteiger partial charge in [0.1, 0.15) is 11.4 Å². The molecule has 5 rings (SSSR count). The zero-order valence-electron chi connectivity index (χ0n) is 19.7. The molecule has 9 nitrogen and oxygen atoms in total. The van der Waals surface area contributed by atoms with Gasteiger partial charge in [0.2, 0.25) is 11.9 Å². The third kappa shape index (κ3) is 3.88. The third-order valence-electron chi connectivity index (χ3n) is 7.09. The van der Waals surface area contributed by atoms with Crippen molar-refractivity contribution in [2.45, 2.75) is 32.2 Å².